The standard InChI is InChI=1S/C25H39BFN3O3/c1-24(2)17-13-21(24)25(3)22(14-17)32-26(33-25)18(12-16-7-9-19(27)10-8-16)15-30-23(31)20(29)6-4-5-11-28/h7-10,17-18,20-22H,4-6,11-15,28-29H2,1-3H3,(H,30,31)/t17-,18-,20+,21-,22+,25-/m1/s1. The van der Waals surface area contributed by atoms with E-state index in [4.69, 9.17) is 20.8 Å². The topological polar surface area (TPSA) is 99.6 Å². The van der Waals surface area contributed by atoms with Crippen molar-refractivity contribution >= 4 is 13.0 Å². The molecule has 1 heterocycles. The van der Waals surface area contributed by atoms with Crippen molar-refractivity contribution in [2.24, 2.45) is 28.7 Å². The highest BCUT2D eigenvalue weighted by Crippen LogP contribution is 2.66. The van der Waals surface area contributed by atoms with Crippen molar-refractivity contribution in [1.29, 1.82) is 0 Å². The lowest BCUT2D eigenvalue weighted by Crippen LogP contribution is -2.65. The van der Waals surface area contributed by atoms with Crippen LogP contribution in [0.3, 0.4) is 0 Å². The zero-order chi connectivity index (χ0) is 23.8. The predicted molar refractivity (Wildman–Crippen MR) is 128 cm³/mol. The molecule has 1 aromatic rings. The van der Waals surface area contributed by atoms with E-state index >= 15 is 0 Å². The SMILES string of the molecule is CC1(C)[C@H]2C[C@@H]3OB([C@@H](CNC(=O)[C@@H](N)CCCCN)Cc4ccc(F)cc4)O[C@]3(C)[C@@H]1C2. The average Bonchev–Trinajstić information content (AvgIpc) is 3.14. The van der Waals surface area contributed by atoms with Crippen LogP contribution < -0.4 is 16.8 Å². The monoisotopic (exact) mass is 459 g/mol. The summed E-state index contributed by atoms with van der Waals surface area (Å²) >= 11 is 0. The molecule has 0 aromatic heterocycles. The third-order valence-electron chi connectivity index (χ3n) is 8.61. The number of nitrogens with two attached hydrogens (primary N) is 2. The fraction of sp³-hybridized carbons (Fsp3) is 0.720. The molecule has 6 atom stereocenters. The number of carbonyl (C=O) groups excluding carboxylic acids is 1. The lowest BCUT2D eigenvalue weighted by atomic mass is 9.43. The number of unbranched alkanes of at least 4 members (excludes halogenated alkanes) is 1. The summed E-state index contributed by atoms with van der Waals surface area (Å²) < 4.78 is 26.6. The summed E-state index contributed by atoms with van der Waals surface area (Å²) in [4.78, 5) is 12.6. The maximum Gasteiger partial charge on any atom is 0.463 e. The Morgan fingerprint density at radius 3 is 2.64 bits per heavy atom. The fourth-order valence-corrected chi connectivity index (χ4v) is 6.29. The van der Waals surface area contributed by atoms with Crippen LogP contribution in [0.2, 0.25) is 5.82 Å². The molecule has 8 heteroatoms. The van der Waals surface area contributed by atoms with Gasteiger partial charge in [-0.1, -0.05) is 32.4 Å². The number of nitrogens with one attached hydrogen (secondary N) is 1. The van der Waals surface area contributed by atoms with Crippen LogP contribution in [0.15, 0.2) is 24.3 Å². The van der Waals surface area contributed by atoms with Crippen LogP contribution in [0.5, 0.6) is 0 Å². The number of amides is 1. The van der Waals surface area contributed by atoms with E-state index in [2.05, 4.69) is 26.1 Å². The van der Waals surface area contributed by atoms with E-state index in [1.807, 2.05) is 0 Å². The Morgan fingerprint density at radius 2 is 1.97 bits per heavy atom. The Balaban J connectivity index is 1.44. The number of hydrogen-bond donors (Lipinski definition) is 3. The van der Waals surface area contributed by atoms with Gasteiger partial charge in [-0.2, -0.15) is 0 Å². The van der Waals surface area contributed by atoms with Crippen LogP contribution in [0, 0.1) is 23.1 Å². The van der Waals surface area contributed by atoms with Crippen molar-refractivity contribution in [2.75, 3.05) is 13.1 Å². The molecule has 2 bridgehead atoms. The molecule has 0 unspecified atom stereocenters. The maximum absolute atomic E-state index is 13.4. The predicted octanol–water partition coefficient (Wildman–Crippen LogP) is 3.04. The molecular formula is C25H39BFN3O3. The normalized spacial score (nSPS) is 31.5. The molecule has 1 aromatic carbocycles. The van der Waals surface area contributed by atoms with E-state index in [1.165, 1.54) is 18.6 Å². The molecule has 6 nitrogen and oxygen atoms in total. The van der Waals surface area contributed by atoms with Gasteiger partial charge in [0.25, 0.3) is 0 Å². The molecule has 1 aliphatic heterocycles. The summed E-state index contributed by atoms with van der Waals surface area (Å²) in [5.74, 6) is 0.612. The number of rotatable bonds is 10. The molecule has 33 heavy (non-hydrogen) atoms. The Bertz CT molecular complexity index is 839. The summed E-state index contributed by atoms with van der Waals surface area (Å²) in [6, 6.07) is 5.95. The van der Waals surface area contributed by atoms with Crippen LogP contribution in [0.25, 0.3) is 0 Å². The van der Waals surface area contributed by atoms with Crippen LogP contribution in [-0.2, 0) is 20.5 Å². The lowest BCUT2D eigenvalue weighted by Gasteiger charge is -2.64. The zero-order valence-corrected chi connectivity index (χ0v) is 20.2. The van der Waals surface area contributed by atoms with Crippen molar-refractivity contribution in [3.8, 4) is 0 Å². The van der Waals surface area contributed by atoms with Gasteiger partial charge in [0.15, 0.2) is 0 Å². The number of hydrogen-bond acceptors (Lipinski definition) is 5. The molecule has 0 spiro atoms. The Morgan fingerprint density at radius 1 is 1.24 bits per heavy atom. The van der Waals surface area contributed by atoms with Gasteiger partial charge >= 0.3 is 7.12 Å². The highest BCUT2D eigenvalue weighted by molar-refractivity contribution is 6.47. The van der Waals surface area contributed by atoms with E-state index in [-0.39, 0.29) is 34.7 Å². The molecule has 0 radical (unpaired) electrons. The highest BCUT2D eigenvalue weighted by atomic mass is 19.1. The smallest absolute Gasteiger partial charge is 0.405 e. The largest absolute Gasteiger partial charge is 0.463 e. The highest BCUT2D eigenvalue weighted by Gasteiger charge is 2.68. The van der Waals surface area contributed by atoms with Gasteiger partial charge < -0.3 is 26.1 Å². The Hall–Kier alpha value is -1.48. The number of halogens is 1. The minimum absolute atomic E-state index is 0.0733. The van der Waals surface area contributed by atoms with Gasteiger partial charge in [-0.15, -0.1) is 0 Å². The van der Waals surface area contributed by atoms with E-state index in [9.17, 15) is 9.18 Å². The minimum Gasteiger partial charge on any atom is -0.405 e. The lowest BCUT2D eigenvalue weighted by molar-refractivity contribution is -0.199. The van der Waals surface area contributed by atoms with Crippen molar-refractivity contribution < 1.29 is 18.5 Å². The molecule has 4 aliphatic rings. The molecule has 1 amide bonds. The molecule has 4 fully saturated rings. The van der Waals surface area contributed by atoms with Crippen molar-refractivity contribution in [3.05, 3.63) is 35.6 Å². The average molecular weight is 459 g/mol. The molecule has 5 N–H and O–H groups in total. The Kier molecular flexibility index (Phi) is 7.20. The van der Waals surface area contributed by atoms with E-state index < -0.39 is 13.2 Å². The minimum atomic E-state index is -0.554. The molecular weight excluding hydrogens is 420 g/mol. The van der Waals surface area contributed by atoms with E-state index in [1.54, 1.807) is 12.1 Å². The first-order valence-electron chi connectivity index (χ1n) is 12.5. The molecule has 3 aliphatic carbocycles. The summed E-state index contributed by atoms with van der Waals surface area (Å²) in [7, 11) is -0.422. The van der Waals surface area contributed by atoms with Crippen molar-refractivity contribution in [3.63, 3.8) is 0 Å². The van der Waals surface area contributed by atoms with Gasteiger partial charge in [-0.3, -0.25) is 4.79 Å². The van der Waals surface area contributed by atoms with Gasteiger partial charge in [0.2, 0.25) is 5.91 Å². The van der Waals surface area contributed by atoms with Crippen molar-refractivity contribution in [1.82, 2.24) is 5.32 Å². The Labute approximate surface area is 197 Å². The molecule has 1 saturated heterocycles. The molecule has 5 rings (SSSR count). The van der Waals surface area contributed by atoms with Gasteiger partial charge in [-0.25, -0.2) is 4.39 Å². The first-order chi connectivity index (χ1) is 15.6. The summed E-state index contributed by atoms with van der Waals surface area (Å²) in [5, 5.41) is 3.02. The first-order valence-corrected chi connectivity index (χ1v) is 12.5. The quantitative estimate of drug-likeness (QED) is 0.369. The number of benzene rings is 1. The fourth-order valence-electron chi connectivity index (χ4n) is 6.29. The second-order valence-corrected chi connectivity index (χ2v) is 11.1. The molecule has 3 saturated carbocycles. The van der Waals surface area contributed by atoms with Crippen LogP contribution in [-0.4, -0.2) is 43.9 Å². The second-order valence-electron chi connectivity index (χ2n) is 11.1. The third-order valence-corrected chi connectivity index (χ3v) is 8.61. The van der Waals surface area contributed by atoms with Gasteiger partial charge in [0, 0.05) is 12.4 Å². The summed E-state index contributed by atoms with van der Waals surface area (Å²) in [5.41, 5.74) is 12.6. The van der Waals surface area contributed by atoms with Gasteiger partial charge in [0.1, 0.15) is 5.82 Å². The summed E-state index contributed by atoms with van der Waals surface area (Å²) in [6.45, 7) is 7.87. The van der Waals surface area contributed by atoms with Crippen LogP contribution in [0.1, 0.15) is 58.4 Å². The zero-order valence-electron chi connectivity index (χ0n) is 20.2. The second kappa shape index (κ2) is 9.64. The maximum atomic E-state index is 13.4. The van der Waals surface area contributed by atoms with Crippen molar-refractivity contribution in [2.45, 2.75) is 82.9 Å². The third kappa shape index (κ3) is 4.85. The van der Waals surface area contributed by atoms with Gasteiger partial charge in [0.05, 0.1) is 17.7 Å². The van der Waals surface area contributed by atoms with Gasteiger partial charge in [-0.05, 0) is 80.5 Å². The summed E-state index contributed by atoms with van der Waals surface area (Å²) in [6.07, 6.45) is 5.19. The van der Waals surface area contributed by atoms with E-state index in [0.717, 1.165) is 24.8 Å². The van der Waals surface area contributed by atoms with E-state index in [0.29, 0.717) is 37.8 Å². The van der Waals surface area contributed by atoms with Crippen LogP contribution in [0.4, 0.5) is 4.39 Å². The number of carbonyl (C=O) groups is 1. The molecule has 182 valence electrons. The first kappa shape index (κ1) is 24.6. The van der Waals surface area contributed by atoms with Crippen LogP contribution >= 0.6 is 0 Å².